The highest BCUT2D eigenvalue weighted by Crippen LogP contribution is 2.28. The smallest absolute Gasteiger partial charge is 0.290 e. The van der Waals surface area contributed by atoms with Crippen molar-refractivity contribution in [2.45, 2.75) is 33.9 Å². The summed E-state index contributed by atoms with van der Waals surface area (Å²) in [5, 5.41) is 4.63. The SMILES string of the molecule is Cc1c(-c2ccc(F)c(CN)c2)nn(CC(C)C)c(=O)c1N1CCOCC1.Cl. The van der Waals surface area contributed by atoms with E-state index in [-0.39, 0.29) is 36.2 Å². The van der Waals surface area contributed by atoms with Gasteiger partial charge in [0.2, 0.25) is 0 Å². The van der Waals surface area contributed by atoms with Crippen LogP contribution in [-0.2, 0) is 17.8 Å². The molecule has 0 aliphatic carbocycles. The van der Waals surface area contributed by atoms with Gasteiger partial charge in [-0.3, -0.25) is 4.79 Å². The minimum absolute atomic E-state index is 0. The molecule has 0 spiro atoms. The second-order valence-electron chi connectivity index (χ2n) is 7.31. The van der Waals surface area contributed by atoms with Crippen LogP contribution in [0.1, 0.15) is 25.0 Å². The van der Waals surface area contributed by atoms with Crippen molar-refractivity contribution in [3.8, 4) is 11.3 Å². The maximum atomic E-state index is 13.9. The van der Waals surface area contributed by atoms with Crippen LogP contribution in [0.25, 0.3) is 11.3 Å². The van der Waals surface area contributed by atoms with Crippen molar-refractivity contribution in [1.82, 2.24) is 9.78 Å². The molecule has 154 valence electrons. The summed E-state index contributed by atoms with van der Waals surface area (Å²) in [6, 6.07) is 4.82. The van der Waals surface area contributed by atoms with Crippen LogP contribution >= 0.6 is 12.4 Å². The molecule has 3 rings (SSSR count). The zero-order valence-electron chi connectivity index (χ0n) is 16.6. The molecule has 2 N–H and O–H groups in total. The highest BCUT2D eigenvalue weighted by Gasteiger charge is 2.23. The minimum Gasteiger partial charge on any atom is -0.378 e. The molecule has 0 amide bonds. The van der Waals surface area contributed by atoms with E-state index >= 15 is 0 Å². The Labute approximate surface area is 170 Å². The molecular weight excluding hydrogens is 383 g/mol. The van der Waals surface area contributed by atoms with Gasteiger partial charge in [-0.15, -0.1) is 12.4 Å². The normalized spacial score (nSPS) is 14.3. The Bertz CT molecular complexity index is 879. The van der Waals surface area contributed by atoms with Gasteiger partial charge < -0.3 is 15.4 Å². The first-order valence-corrected chi connectivity index (χ1v) is 9.35. The summed E-state index contributed by atoms with van der Waals surface area (Å²) in [5.41, 5.74) is 8.92. The predicted octanol–water partition coefficient (Wildman–Crippen LogP) is 2.73. The van der Waals surface area contributed by atoms with Crippen LogP contribution < -0.4 is 16.2 Å². The molecule has 2 aromatic rings. The van der Waals surface area contributed by atoms with Crippen molar-refractivity contribution in [3.63, 3.8) is 0 Å². The number of morpholine rings is 1. The van der Waals surface area contributed by atoms with Gasteiger partial charge in [-0.2, -0.15) is 5.10 Å². The lowest BCUT2D eigenvalue weighted by Gasteiger charge is -2.30. The van der Waals surface area contributed by atoms with Crippen LogP contribution in [0.15, 0.2) is 23.0 Å². The van der Waals surface area contributed by atoms with E-state index in [1.165, 1.54) is 10.7 Å². The van der Waals surface area contributed by atoms with E-state index in [1.807, 2.05) is 20.8 Å². The molecule has 8 heteroatoms. The summed E-state index contributed by atoms with van der Waals surface area (Å²) in [6.07, 6.45) is 0. The molecule has 1 aromatic heterocycles. The van der Waals surface area contributed by atoms with Crippen molar-refractivity contribution in [1.29, 1.82) is 0 Å². The minimum atomic E-state index is -0.331. The predicted molar refractivity (Wildman–Crippen MR) is 112 cm³/mol. The summed E-state index contributed by atoms with van der Waals surface area (Å²) in [6.45, 7) is 9.15. The molecule has 6 nitrogen and oxygen atoms in total. The van der Waals surface area contributed by atoms with Gasteiger partial charge in [-0.1, -0.05) is 13.8 Å². The molecule has 1 aliphatic rings. The second kappa shape index (κ2) is 9.49. The molecule has 0 radical (unpaired) electrons. The van der Waals surface area contributed by atoms with E-state index in [1.54, 1.807) is 12.1 Å². The first-order valence-electron chi connectivity index (χ1n) is 9.35. The van der Waals surface area contributed by atoms with Gasteiger partial charge in [0.05, 0.1) is 18.9 Å². The number of ether oxygens (including phenoxy) is 1. The summed E-state index contributed by atoms with van der Waals surface area (Å²) in [5.74, 6) is -0.0566. The Hall–Kier alpha value is -1.96. The number of nitrogens with two attached hydrogens (primary N) is 1. The zero-order valence-corrected chi connectivity index (χ0v) is 17.4. The molecule has 0 atom stereocenters. The van der Waals surface area contributed by atoms with Crippen molar-refractivity contribution < 1.29 is 9.13 Å². The fourth-order valence-corrected chi connectivity index (χ4v) is 3.42. The Morgan fingerprint density at radius 2 is 1.96 bits per heavy atom. The number of rotatable bonds is 5. The quantitative estimate of drug-likeness (QED) is 0.820. The molecule has 1 fully saturated rings. The van der Waals surface area contributed by atoms with Crippen LogP contribution in [0, 0.1) is 18.7 Å². The number of hydrogen-bond donors (Lipinski definition) is 1. The monoisotopic (exact) mass is 410 g/mol. The van der Waals surface area contributed by atoms with Gasteiger partial charge in [0, 0.05) is 42.9 Å². The summed E-state index contributed by atoms with van der Waals surface area (Å²) >= 11 is 0. The maximum Gasteiger partial charge on any atom is 0.290 e. The number of anilines is 1. The third-order valence-corrected chi connectivity index (χ3v) is 4.77. The van der Waals surface area contributed by atoms with Crippen molar-refractivity contribution >= 4 is 18.1 Å². The third kappa shape index (κ3) is 4.54. The van der Waals surface area contributed by atoms with Gasteiger partial charge in [0.25, 0.3) is 5.56 Å². The molecule has 0 bridgehead atoms. The van der Waals surface area contributed by atoms with E-state index in [2.05, 4.69) is 10.00 Å². The number of benzene rings is 1. The van der Waals surface area contributed by atoms with Crippen molar-refractivity contribution in [2.24, 2.45) is 11.7 Å². The van der Waals surface area contributed by atoms with E-state index < -0.39 is 0 Å². The molecule has 1 aliphatic heterocycles. The zero-order chi connectivity index (χ0) is 19.6. The molecule has 0 unspecified atom stereocenters. The highest BCUT2D eigenvalue weighted by molar-refractivity contribution is 5.85. The van der Waals surface area contributed by atoms with Gasteiger partial charge in [-0.05, 0) is 31.0 Å². The summed E-state index contributed by atoms with van der Waals surface area (Å²) in [4.78, 5) is 15.2. The second-order valence-corrected chi connectivity index (χ2v) is 7.31. The summed E-state index contributed by atoms with van der Waals surface area (Å²) in [7, 11) is 0. The number of halogens is 2. The molecule has 1 saturated heterocycles. The molecule has 0 saturated carbocycles. The molecule has 28 heavy (non-hydrogen) atoms. The van der Waals surface area contributed by atoms with Gasteiger partial charge in [0.15, 0.2) is 0 Å². The van der Waals surface area contributed by atoms with Crippen LogP contribution in [0.3, 0.4) is 0 Å². The van der Waals surface area contributed by atoms with E-state index in [4.69, 9.17) is 10.5 Å². The standard InChI is InChI=1S/C20H27FN4O2.ClH/c1-13(2)12-25-20(26)19(24-6-8-27-9-7-24)14(3)18(23-25)15-4-5-17(21)16(10-15)11-22;/h4-5,10,13H,6-9,11-12,22H2,1-3H3;1H. The fourth-order valence-electron chi connectivity index (χ4n) is 3.42. The average molecular weight is 411 g/mol. The maximum absolute atomic E-state index is 13.9. The average Bonchev–Trinajstić information content (AvgIpc) is 2.65. The molecule has 2 heterocycles. The Balaban J connectivity index is 0.00000280. The first kappa shape index (κ1) is 22.3. The number of hydrogen-bond acceptors (Lipinski definition) is 5. The summed E-state index contributed by atoms with van der Waals surface area (Å²) < 4.78 is 20.9. The number of aromatic nitrogens is 2. The van der Waals surface area contributed by atoms with Crippen molar-refractivity contribution in [2.75, 3.05) is 31.2 Å². The Morgan fingerprint density at radius 3 is 2.57 bits per heavy atom. The van der Waals surface area contributed by atoms with Crippen LogP contribution in [-0.4, -0.2) is 36.1 Å². The molecular formula is C20H28ClFN4O2. The van der Waals surface area contributed by atoms with Crippen LogP contribution in [0.2, 0.25) is 0 Å². The highest BCUT2D eigenvalue weighted by atomic mass is 35.5. The largest absolute Gasteiger partial charge is 0.378 e. The third-order valence-electron chi connectivity index (χ3n) is 4.77. The van der Waals surface area contributed by atoms with E-state index in [0.29, 0.717) is 49.8 Å². The Kier molecular flexibility index (Phi) is 7.57. The molecule has 1 aromatic carbocycles. The fraction of sp³-hybridized carbons (Fsp3) is 0.500. The van der Waals surface area contributed by atoms with Gasteiger partial charge in [-0.25, -0.2) is 9.07 Å². The van der Waals surface area contributed by atoms with E-state index in [0.717, 1.165) is 11.1 Å². The Morgan fingerprint density at radius 1 is 1.29 bits per heavy atom. The van der Waals surface area contributed by atoms with Crippen molar-refractivity contribution in [3.05, 3.63) is 45.5 Å². The number of nitrogens with zero attached hydrogens (tertiary/aromatic N) is 3. The topological polar surface area (TPSA) is 73.4 Å². The first-order chi connectivity index (χ1) is 12.9. The lowest BCUT2D eigenvalue weighted by atomic mass is 10.0. The lowest BCUT2D eigenvalue weighted by Crippen LogP contribution is -2.42. The van der Waals surface area contributed by atoms with E-state index in [9.17, 15) is 9.18 Å². The lowest BCUT2D eigenvalue weighted by molar-refractivity contribution is 0.122. The van der Waals surface area contributed by atoms with Gasteiger partial charge in [0.1, 0.15) is 11.5 Å². The van der Waals surface area contributed by atoms with Crippen LogP contribution in [0.4, 0.5) is 10.1 Å². The van der Waals surface area contributed by atoms with Gasteiger partial charge >= 0.3 is 0 Å². The van der Waals surface area contributed by atoms with Crippen LogP contribution in [0.5, 0.6) is 0 Å².